The van der Waals surface area contributed by atoms with Crippen LogP contribution in [0.1, 0.15) is 52.7 Å². The first kappa shape index (κ1) is 31.4. The van der Waals surface area contributed by atoms with Crippen LogP contribution >= 0.6 is 0 Å². The van der Waals surface area contributed by atoms with E-state index in [-0.39, 0.29) is 10.8 Å². The molecule has 0 aliphatic carbocycles. The maximum Gasteiger partial charge on any atom is 0.136 e. The molecular weight excluding hydrogens is 655 g/mol. The van der Waals surface area contributed by atoms with Crippen LogP contribution < -0.4 is 0 Å². The Hall–Kier alpha value is -6.12. The first-order valence-electron chi connectivity index (χ1n) is 19.2. The lowest BCUT2D eigenvalue weighted by Gasteiger charge is -2.19. The van der Waals surface area contributed by atoms with Crippen LogP contribution in [0.4, 0.5) is 0 Å². The van der Waals surface area contributed by atoms with Crippen LogP contribution in [0.5, 0.6) is 0 Å². The lowest BCUT2D eigenvalue weighted by atomic mass is 9.86. The van der Waals surface area contributed by atoms with E-state index >= 15 is 0 Å². The van der Waals surface area contributed by atoms with Gasteiger partial charge in [0.1, 0.15) is 11.2 Å². The third-order valence-corrected chi connectivity index (χ3v) is 12.0. The number of benzene rings is 8. The minimum absolute atomic E-state index is 0.124. The molecule has 2 nitrogen and oxygen atoms in total. The van der Waals surface area contributed by atoms with Crippen LogP contribution in [0.2, 0.25) is 0 Å². The summed E-state index contributed by atoms with van der Waals surface area (Å²) in [6.07, 6.45) is 0. The summed E-state index contributed by atoms with van der Waals surface area (Å²) in [6.45, 7) is 13.6. The van der Waals surface area contributed by atoms with E-state index in [4.69, 9.17) is 4.42 Å². The summed E-state index contributed by atoms with van der Waals surface area (Å²) in [5.74, 6) is 0. The second kappa shape index (κ2) is 10.7. The van der Waals surface area contributed by atoms with Crippen molar-refractivity contribution >= 4 is 81.6 Å². The van der Waals surface area contributed by atoms with Gasteiger partial charge in [0.05, 0.1) is 16.6 Å². The maximum atomic E-state index is 6.61. The van der Waals surface area contributed by atoms with Gasteiger partial charge >= 0.3 is 0 Å². The molecule has 0 amide bonds. The van der Waals surface area contributed by atoms with E-state index in [1.54, 1.807) is 0 Å². The van der Waals surface area contributed by atoms with Crippen molar-refractivity contribution in [1.29, 1.82) is 0 Å². The molecule has 0 spiro atoms. The first-order valence-corrected chi connectivity index (χ1v) is 19.2. The number of rotatable bonds is 2. The molecule has 11 rings (SSSR count). The lowest BCUT2D eigenvalue weighted by molar-refractivity contribution is 0.590. The highest BCUT2D eigenvalue weighted by Gasteiger charge is 2.24. The average Bonchev–Trinajstić information content (AvgIpc) is 3.80. The summed E-state index contributed by atoms with van der Waals surface area (Å²) in [5, 5.41) is 12.3. The number of para-hydroxylation sites is 1. The van der Waals surface area contributed by atoms with E-state index in [0.29, 0.717) is 0 Å². The van der Waals surface area contributed by atoms with Crippen LogP contribution in [-0.4, -0.2) is 4.40 Å². The van der Waals surface area contributed by atoms with Gasteiger partial charge in [-0.3, -0.25) is 0 Å². The SMILES string of the molecule is CC(C)(C)c1ccc(-c2ccc3cc4c5cc6oc7ccccc7c6c6c7cc8ccc(-c9ccc(C(C)(C)C)cc9)cc8cc7n(c4cc3c2)c56)cc1. The van der Waals surface area contributed by atoms with Crippen molar-refractivity contribution in [2.75, 3.05) is 0 Å². The highest BCUT2D eigenvalue weighted by molar-refractivity contribution is 6.36. The van der Waals surface area contributed by atoms with E-state index in [2.05, 4.69) is 185 Å². The van der Waals surface area contributed by atoms with Gasteiger partial charge < -0.3 is 8.82 Å². The van der Waals surface area contributed by atoms with Crippen molar-refractivity contribution in [3.63, 3.8) is 0 Å². The quantitative estimate of drug-likeness (QED) is 0.176. The van der Waals surface area contributed by atoms with Gasteiger partial charge in [-0.25, -0.2) is 0 Å². The molecule has 0 saturated heterocycles. The molecular formula is C52H41NO. The van der Waals surface area contributed by atoms with Crippen molar-refractivity contribution in [2.45, 2.75) is 52.4 Å². The zero-order chi connectivity index (χ0) is 36.7. The molecule has 3 heterocycles. The van der Waals surface area contributed by atoms with Crippen molar-refractivity contribution in [1.82, 2.24) is 4.40 Å². The number of aromatic nitrogens is 1. The molecule has 0 atom stereocenters. The molecule has 8 aromatic carbocycles. The molecule has 260 valence electrons. The van der Waals surface area contributed by atoms with Crippen LogP contribution in [0.15, 0.2) is 144 Å². The molecule has 0 saturated carbocycles. The minimum atomic E-state index is 0.124. The van der Waals surface area contributed by atoms with Crippen LogP contribution in [0, 0.1) is 0 Å². The third-order valence-electron chi connectivity index (χ3n) is 12.0. The molecule has 0 aliphatic rings. The Balaban J connectivity index is 1.19. The molecule has 0 N–H and O–H groups in total. The van der Waals surface area contributed by atoms with E-state index in [0.717, 1.165) is 16.6 Å². The van der Waals surface area contributed by atoms with Gasteiger partial charge in [-0.15, -0.1) is 0 Å². The largest absolute Gasteiger partial charge is 0.456 e. The summed E-state index contributed by atoms with van der Waals surface area (Å²) in [5.41, 5.74) is 13.5. The Labute approximate surface area is 314 Å². The molecule has 2 heteroatoms. The Kier molecular flexibility index (Phi) is 6.24. The van der Waals surface area contributed by atoms with Gasteiger partial charge in [-0.1, -0.05) is 133 Å². The van der Waals surface area contributed by atoms with Gasteiger partial charge in [0.15, 0.2) is 0 Å². The van der Waals surface area contributed by atoms with Crippen LogP contribution in [0.3, 0.4) is 0 Å². The number of fused-ring (bicyclic) bond motifs is 12. The monoisotopic (exact) mass is 695 g/mol. The van der Waals surface area contributed by atoms with E-state index in [1.165, 1.54) is 98.4 Å². The van der Waals surface area contributed by atoms with Crippen LogP contribution in [0.25, 0.3) is 104 Å². The third kappa shape index (κ3) is 4.53. The highest BCUT2D eigenvalue weighted by atomic mass is 16.3. The topological polar surface area (TPSA) is 17.6 Å². The standard InChI is InChI=1S/C52H41NO/c1-51(2,3)38-19-15-30(16-20-38)32-11-13-34-25-41-42-29-47-48(40-9-7-8-10-46(40)54-47)49-43-26-35-14-12-33(31-17-21-39(22-18-31)52(4,5)6)24-37(35)28-45(43)53(50(42)49)44(41)27-36(34)23-32/h7-29H,1-6H3. The van der Waals surface area contributed by atoms with Gasteiger partial charge in [0, 0.05) is 32.3 Å². The van der Waals surface area contributed by atoms with Crippen LogP contribution in [-0.2, 0) is 10.8 Å². The number of furan rings is 1. The maximum absolute atomic E-state index is 6.61. The molecule has 0 aliphatic heterocycles. The predicted molar refractivity (Wildman–Crippen MR) is 232 cm³/mol. The van der Waals surface area contributed by atoms with Gasteiger partial charge in [0.2, 0.25) is 0 Å². The Morgan fingerprint density at radius 2 is 0.907 bits per heavy atom. The van der Waals surface area contributed by atoms with E-state index in [9.17, 15) is 0 Å². The Bertz CT molecular complexity index is 3300. The van der Waals surface area contributed by atoms with Gasteiger partial charge in [-0.05, 0) is 114 Å². The van der Waals surface area contributed by atoms with Gasteiger partial charge in [-0.2, -0.15) is 0 Å². The second-order valence-electron chi connectivity index (χ2n) is 17.5. The number of nitrogens with zero attached hydrogens (tertiary/aromatic N) is 1. The zero-order valence-electron chi connectivity index (χ0n) is 31.6. The fourth-order valence-corrected chi connectivity index (χ4v) is 8.99. The normalized spacial score (nSPS) is 13.0. The molecule has 54 heavy (non-hydrogen) atoms. The summed E-state index contributed by atoms with van der Waals surface area (Å²) < 4.78 is 9.15. The van der Waals surface area contributed by atoms with E-state index < -0.39 is 0 Å². The number of hydrogen-bond acceptors (Lipinski definition) is 1. The molecule has 0 unspecified atom stereocenters. The highest BCUT2D eigenvalue weighted by Crippen LogP contribution is 2.47. The fourth-order valence-electron chi connectivity index (χ4n) is 8.99. The van der Waals surface area contributed by atoms with Gasteiger partial charge in [0.25, 0.3) is 0 Å². The molecule has 3 aromatic heterocycles. The smallest absolute Gasteiger partial charge is 0.136 e. The predicted octanol–water partition coefficient (Wildman–Crippen LogP) is 15.0. The number of hydrogen-bond donors (Lipinski definition) is 0. The fraction of sp³-hybridized carbons (Fsp3) is 0.154. The van der Waals surface area contributed by atoms with Crippen molar-refractivity contribution in [3.05, 3.63) is 151 Å². The molecule has 0 bridgehead atoms. The summed E-state index contributed by atoms with van der Waals surface area (Å²) in [4.78, 5) is 0. The van der Waals surface area contributed by atoms with Crippen molar-refractivity contribution < 1.29 is 4.42 Å². The molecule has 0 fully saturated rings. The second-order valence-corrected chi connectivity index (χ2v) is 17.5. The molecule has 11 aromatic rings. The van der Waals surface area contributed by atoms with Crippen molar-refractivity contribution in [2.24, 2.45) is 0 Å². The van der Waals surface area contributed by atoms with E-state index in [1.807, 2.05) is 0 Å². The first-order chi connectivity index (χ1) is 26.0. The Morgan fingerprint density at radius 1 is 0.389 bits per heavy atom. The summed E-state index contributed by atoms with van der Waals surface area (Å²) in [6, 6.07) is 52.4. The average molecular weight is 696 g/mol. The molecule has 0 radical (unpaired) electrons. The minimum Gasteiger partial charge on any atom is -0.456 e. The Morgan fingerprint density at radius 3 is 1.48 bits per heavy atom. The lowest BCUT2D eigenvalue weighted by Crippen LogP contribution is -2.10. The zero-order valence-corrected chi connectivity index (χ0v) is 31.6. The van der Waals surface area contributed by atoms with Crippen molar-refractivity contribution in [3.8, 4) is 22.3 Å². The summed E-state index contributed by atoms with van der Waals surface area (Å²) >= 11 is 0. The summed E-state index contributed by atoms with van der Waals surface area (Å²) in [7, 11) is 0.